The van der Waals surface area contributed by atoms with Crippen LogP contribution in [0.4, 0.5) is 0 Å². The van der Waals surface area contributed by atoms with Gasteiger partial charge >= 0.3 is 0 Å². The smallest absolute Gasteiger partial charge is 0.166 e. The average Bonchev–Trinajstić information content (AvgIpc) is 1.58. The van der Waals surface area contributed by atoms with E-state index in [1.807, 2.05) is 0 Å². The molecule has 4 heteroatoms. The predicted molar refractivity (Wildman–Crippen MR) is 34.3 cm³/mol. The number of allylic oxidation sites excluding steroid dienone is 2. The van der Waals surface area contributed by atoms with E-state index in [0.29, 0.717) is 6.42 Å². The first-order valence-electron chi connectivity index (χ1n) is 1.93. The van der Waals surface area contributed by atoms with Crippen molar-refractivity contribution in [1.29, 1.82) is 0 Å². The van der Waals surface area contributed by atoms with Crippen LogP contribution in [0.3, 0.4) is 0 Å². The summed E-state index contributed by atoms with van der Waals surface area (Å²) in [5, 5.41) is 0. The van der Waals surface area contributed by atoms with Gasteiger partial charge in [-0.05, 0) is 0 Å². The Morgan fingerprint density at radius 3 is 2.38 bits per heavy atom. The number of carbonyl (C=O) groups excluding carboxylic acids is 1. The van der Waals surface area contributed by atoms with E-state index in [2.05, 4.69) is 14.0 Å². The van der Waals surface area contributed by atoms with Crippen LogP contribution in [-0.2, 0) is 9.32 Å². The zero-order valence-corrected chi connectivity index (χ0v) is 7.83. The van der Waals surface area contributed by atoms with E-state index >= 15 is 0 Å². The Morgan fingerprint density at radius 1 is 1.75 bits per heavy atom. The molecule has 0 aromatic carbocycles. The Hall–Kier alpha value is 0.276. The molecule has 0 heterocycles. The van der Waals surface area contributed by atoms with Crippen molar-refractivity contribution in [2.24, 2.45) is 0 Å². The maximum atomic E-state index is 10.1. The molecule has 1 rings (SSSR count). The number of hydrogen-bond acceptors (Lipinski definition) is 2. The van der Waals surface area contributed by atoms with E-state index < -0.39 is 0 Å². The van der Waals surface area contributed by atoms with Gasteiger partial charge in [-0.1, -0.05) is 0 Å². The molecule has 0 saturated carbocycles. The first-order valence-corrected chi connectivity index (χ1v) is 2.40. The van der Waals surface area contributed by atoms with E-state index in [1.54, 1.807) is 0 Å². The van der Waals surface area contributed by atoms with Crippen LogP contribution in [0.2, 0.25) is 0 Å². The minimum absolute atomic E-state index is 0. The quantitative estimate of drug-likeness (QED) is 0.433. The molecule has 0 aliphatic heterocycles. The molecule has 0 spiro atoms. The van der Waals surface area contributed by atoms with Gasteiger partial charge in [0, 0.05) is 25.9 Å². The van der Waals surface area contributed by atoms with Crippen LogP contribution in [0.25, 0.3) is 0 Å². The summed E-state index contributed by atoms with van der Waals surface area (Å²) >= 11 is 0. The predicted octanol–water partition coefficient (Wildman–Crippen LogP) is 0.269. The van der Waals surface area contributed by atoms with E-state index in [-0.39, 0.29) is 25.6 Å². The molecular weight excluding hydrogens is 181 g/mol. The third kappa shape index (κ3) is 1.65. The van der Waals surface area contributed by atoms with E-state index in [9.17, 15) is 4.79 Å². The largest absolute Gasteiger partial charge is 0.484 e. The Balaban J connectivity index is 0.000000490. The summed E-state index contributed by atoms with van der Waals surface area (Å²) < 4.78 is 4.61. The molecular formula is C4H5GaO2P. The van der Waals surface area contributed by atoms with Gasteiger partial charge in [0.15, 0.2) is 5.78 Å². The van der Waals surface area contributed by atoms with Crippen LogP contribution >= 0.6 is 9.47 Å². The van der Waals surface area contributed by atoms with Gasteiger partial charge in [0.25, 0.3) is 0 Å². The molecule has 0 bridgehead atoms. The van der Waals surface area contributed by atoms with Gasteiger partial charge in [-0.25, -0.2) is 0 Å². The number of ketones is 1. The van der Waals surface area contributed by atoms with Crippen LogP contribution in [0, 0.1) is 0 Å². The first kappa shape index (κ1) is 8.28. The van der Waals surface area contributed by atoms with Crippen molar-refractivity contribution in [3.05, 3.63) is 11.8 Å². The first-order chi connectivity index (χ1) is 3.33. The van der Waals surface area contributed by atoms with Crippen molar-refractivity contribution in [2.45, 2.75) is 6.42 Å². The Kier molecular flexibility index (Phi) is 3.45. The molecule has 2 nitrogen and oxygen atoms in total. The second kappa shape index (κ2) is 3.33. The summed E-state index contributed by atoms with van der Waals surface area (Å²) in [5.41, 5.74) is 0. The second-order valence-electron chi connectivity index (χ2n) is 1.37. The minimum atomic E-state index is 0. The van der Waals surface area contributed by atoms with E-state index in [0.717, 1.165) is 5.76 Å². The molecule has 1 aliphatic rings. The summed E-state index contributed by atoms with van der Waals surface area (Å²) in [5.74, 6) is 0.910. The fraction of sp³-hybridized carbons (Fsp3) is 0.250. The SMILES string of the molecule is O=C1C=C(OP)C1.[Ga]. The standard InChI is InChI=1S/C4H5O2P.Ga/c5-3-1-4(2-3)6-7;/h1H,2,7H2;. The molecule has 8 heavy (non-hydrogen) atoms. The molecule has 1 aliphatic carbocycles. The molecule has 1 atom stereocenters. The van der Waals surface area contributed by atoms with E-state index in [1.165, 1.54) is 6.08 Å². The minimum Gasteiger partial charge on any atom is -0.484 e. The fourth-order valence-corrected chi connectivity index (χ4v) is 0.549. The normalized spacial score (nSPS) is 15.6. The van der Waals surface area contributed by atoms with Gasteiger partial charge in [-0.3, -0.25) is 4.79 Å². The van der Waals surface area contributed by atoms with Gasteiger partial charge in [0.2, 0.25) is 0 Å². The van der Waals surface area contributed by atoms with Crippen molar-refractivity contribution >= 4 is 35.0 Å². The second-order valence-corrected chi connectivity index (χ2v) is 1.61. The third-order valence-corrected chi connectivity index (χ3v) is 1.12. The molecule has 0 aromatic heterocycles. The van der Waals surface area contributed by atoms with Crippen molar-refractivity contribution in [1.82, 2.24) is 0 Å². The fourth-order valence-electron chi connectivity index (χ4n) is 0.398. The number of hydrogen-bond donors (Lipinski definition) is 0. The van der Waals surface area contributed by atoms with Gasteiger partial charge in [0.05, 0.1) is 15.9 Å². The molecule has 0 fully saturated rings. The van der Waals surface area contributed by atoms with E-state index in [4.69, 9.17) is 0 Å². The van der Waals surface area contributed by atoms with Gasteiger partial charge < -0.3 is 4.52 Å². The van der Waals surface area contributed by atoms with Crippen LogP contribution in [0.5, 0.6) is 0 Å². The molecule has 1 unspecified atom stereocenters. The van der Waals surface area contributed by atoms with Crippen LogP contribution in [0.15, 0.2) is 11.8 Å². The Bertz CT molecular complexity index is 132. The van der Waals surface area contributed by atoms with Crippen molar-refractivity contribution in [3.63, 3.8) is 0 Å². The molecule has 41 valence electrons. The zero-order chi connectivity index (χ0) is 5.28. The summed E-state index contributed by atoms with van der Waals surface area (Å²) in [7, 11) is 2.09. The summed E-state index contributed by atoms with van der Waals surface area (Å²) in [4.78, 5) is 10.1. The monoisotopic (exact) mass is 185 g/mol. The average molecular weight is 186 g/mol. The summed E-state index contributed by atoms with van der Waals surface area (Å²) in [6, 6.07) is 0. The van der Waals surface area contributed by atoms with Crippen molar-refractivity contribution in [2.75, 3.05) is 0 Å². The van der Waals surface area contributed by atoms with Crippen molar-refractivity contribution in [3.8, 4) is 0 Å². The molecule has 3 radical (unpaired) electrons. The summed E-state index contributed by atoms with van der Waals surface area (Å²) in [6.45, 7) is 0. The van der Waals surface area contributed by atoms with Crippen LogP contribution in [0.1, 0.15) is 6.42 Å². The zero-order valence-electron chi connectivity index (χ0n) is 4.26. The van der Waals surface area contributed by atoms with Crippen LogP contribution < -0.4 is 0 Å². The molecule has 0 N–H and O–H groups in total. The van der Waals surface area contributed by atoms with Gasteiger partial charge in [-0.2, -0.15) is 0 Å². The third-order valence-electron chi connectivity index (χ3n) is 0.822. The molecule has 0 aromatic rings. The van der Waals surface area contributed by atoms with Gasteiger partial charge in [-0.15, -0.1) is 0 Å². The summed E-state index contributed by atoms with van der Waals surface area (Å²) in [6.07, 6.45) is 1.95. The molecule has 0 saturated heterocycles. The Labute approximate surface area is 63.0 Å². The number of carbonyl (C=O) groups is 1. The maximum absolute atomic E-state index is 10.1. The maximum Gasteiger partial charge on any atom is 0.166 e. The Morgan fingerprint density at radius 2 is 2.25 bits per heavy atom. The van der Waals surface area contributed by atoms with Crippen LogP contribution in [-0.4, -0.2) is 25.6 Å². The topological polar surface area (TPSA) is 26.3 Å². The van der Waals surface area contributed by atoms with Gasteiger partial charge in [0.1, 0.15) is 5.76 Å². The molecule has 0 amide bonds. The van der Waals surface area contributed by atoms with Crippen molar-refractivity contribution < 1.29 is 9.32 Å². The number of rotatable bonds is 1.